The molecule has 0 aromatic rings. The van der Waals surface area contributed by atoms with Crippen LogP contribution in [0.1, 0.15) is 98.3 Å². The van der Waals surface area contributed by atoms with Gasteiger partial charge in [0.2, 0.25) is 0 Å². The number of carbonyl (C=O) groups is 1. The standard InChI is InChI=1S/C13H24N2O2.C11H22/c1-10-2-5-13(6-3-10)8-15(9-13)7-4-11(14)12(16)17;1-4-10-6-8-11(3,5-2)9-7-10/h10-11H,2-9,14H2,1H3,(H,16,17);10H,4-9H2,1-3H3. The summed E-state index contributed by atoms with van der Waals surface area (Å²) in [5, 5.41) is 8.71. The highest BCUT2D eigenvalue weighted by molar-refractivity contribution is 5.72. The minimum absolute atomic E-state index is 0.569. The van der Waals surface area contributed by atoms with E-state index in [4.69, 9.17) is 10.8 Å². The third kappa shape index (κ3) is 6.73. The normalized spacial score (nSPS) is 31.5. The van der Waals surface area contributed by atoms with Crippen LogP contribution in [-0.2, 0) is 4.79 Å². The van der Waals surface area contributed by atoms with Crippen molar-refractivity contribution in [3.63, 3.8) is 0 Å². The van der Waals surface area contributed by atoms with Gasteiger partial charge in [-0.1, -0.05) is 53.4 Å². The molecule has 164 valence electrons. The number of nitrogens with zero attached hydrogens (tertiary/aromatic N) is 1. The minimum atomic E-state index is -0.883. The molecule has 2 aliphatic carbocycles. The topological polar surface area (TPSA) is 66.6 Å². The van der Waals surface area contributed by atoms with Crippen LogP contribution >= 0.6 is 0 Å². The summed E-state index contributed by atoms with van der Waals surface area (Å²) in [7, 11) is 0. The van der Waals surface area contributed by atoms with E-state index in [0.717, 1.165) is 31.5 Å². The Kier molecular flexibility index (Phi) is 8.81. The van der Waals surface area contributed by atoms with Gasteiger partial charge in [-0.3, -0.25) is 4.79 Å². The number of rotatable bonds is 6. The summed E-state index contributed by atoms with van der Waals surface area (Å²) in [6, 6.07) is -0.696. The van der Waals surface area contributed by atoms with Crippen molar-refractivity contribution >= 4 is 5.97 Å². The summed E-state index contributed by atoms with van der Waals surface area (Å²) in [5.41, 5.74) is 6.77. The van der Waals surface area contributed by atoms with E-state index in [2.05, 4.69) is 32.6 Å². The zero-order chi connectivity index (χ0) is 20.8. The largest absolute Gasteiger partial charge is 0.480 e. The van der Waals surface area contributed by atoms with Gasteiger partial charge in [-0.25, -0.2) is 0 Å². The Hall–Kier alpha value is -0.610. The van der Waals surface area contributed by atoms with Gasteiger partial charge in [0, 0.05) is 19.6 Å². The minimum Gasteiger partial charge on any atom is -0.480 e. The van der Waals surface area contributed by atoms with Crippen molar-refractivity contribution in [2.75, 3.05) is 19.6 Å². The number of nitrogens with two attached hydrogens (primary N) is 1. The van der Waals surface area contributed by atoms with E-state index in [-0.39, 0.29) is 0 Å². The molecule has 3 N–H and O–H groups in total. The van der Waals surface area contributed by atoms with Crippen LogP contribution in [0.15, 0.2) is 0 Å². The van der Waals surface area contributed by atoms with Crippen molar-refractivity contribution in [1.82, 2.24) is 4.90 Å². The third-order valence-corrected chi connectivity index (χ3v) is 8.27. The molecule has 1 saturated heterocycles. The van der Waals surface area contributed by atoms with Crippen LogP contribution < -0.4 is 5.73 Å². The van der Waals surface area contributed by atoms with Crippen molar-refractivity contribution in [3.05, 3.63) is 0 Å². The summed E-state index contributed by atoms with van der Waals surface area (Å²) < 4.78 is 0. The SMILES string of the molecule is CC1CCC2(CC1)CN(CCC(N)C(=O)O)C2.CCC1CCC(C)(CC)CC1. The molecule has 1 heterocycles. The van der Waals surface area contributed by atoms with Gasteiger partial charge in [-0.2, -0.15) is 0 Å². The second-order valence-corrected chi connectivity index (χ2v) is 10.6. The van der Waals surface area contributed by atoms with Gasteiger partial charge in [0.1, 0.15) is 6.04 Å². The van der Waals surface area contributed by atoms with Crippen LogP contribution in [0.3, 0.4) is 0 Å². The predicted octanol–water partition coefficient (Wildman–Crippen LogP) is 5.30. The monoisotopic (exact) mass is 394 g/mol. The quantitative estimate of drug-likeness (QED) is 0.641. The maximum Gasteiger partial charge on any atom is 0.320 e. The van der Waals surface area contributed by atoms with Gasteiger partial charge in [0.15, 0.2) is 0 Å². The maximum absolute atomic E-state index is 10.6. The summed E-state index contributed by atoms with van der Waals surface area (Å²) >= 11 is 0. The number of carboxylic acid groups (broad SMARTS) is 1. The molecule has 2 saturated carbocycles. The first kappa shape index (κ1) is 23.7. The van der Waals surface area contributed by atoms with Crippen molar-refractivity contribution in [2.24, 2.45) is 28.4 Å². The van der Waals surface area contributed by atoms with E-state index in [0.29, 0.717) is 17.3 Å². The number of carboxylic acids is 1. The molecule has 1 spiro atoms. The molecule has 0 radical (unpaired) electrons. The van der Waals surface area contributed by atoms with Crippen molar-refractivity contribution in [2.45, 2.75) is 104 Å². The van der Waals surface area contributed by atoms with E-state index >= 15 is 0 Å². The van der Waals surface area contributed by atoms with Crippen LogP contribution in [0, 0.1) is 22.7 Å². The molecule has 1 unspecified atom stereocenters. The zero-order valence-electron chi connectivity index (χ0n) is 19.0. The Bertz CT molecular complexity index is 469. The average molecular weight is 395 g/mol. The average Bonchev–Trinajstić information content (AvgIpc) is 2.67. The zero-order valence-corrected chi connectivity index (χ0v) is 19.0. The van der Waals surface area contributed by atoms with Crippen LogP contribution in [0.4, 0.5) is 0 Å². The summed E-state index contributed by atoms with van der Waals surface area (Å²) in [6.45, 7) is 12.6. The lowest BCUT2D eigenvalue weighted by atomic mass is 9.66. The lowest BCUT2D eigenvalue weighted by Gasteiger charge is -2.53. The third-order valence-electron chi connectivity index (χ3n) is 8.27. The van der Waals surface area contributed by atoms with Gasteiger partial charge in [0.05, 0.1) is 0 Å². The molecular formula is C24H46N2O2. The fourth-order valence-electron chi connectivity index (χ4n) is 5.33. The molecule has 0 bridgehead atoms. The van der Waals surface area contributed by atoms with E-state index in [1.54, 1.807) is 0 Å². The van der Waals surface area contributed by atoms with Crippen molar-refractivity contribution < 1.29 is 9.90 Å². The smallest absolute Gasteiger partial charge is 0.320 e. The molecule has 28 heavy (non-hydrogen) atoms. The molecule has 0 amide bonds. The molecule has 1 aliphatic heterocycles. The van der Waals surface area contributed by atoms with E-state index in [9.17, 15) is 4.79 Å². The van der Waals surface area contributed by atoms with Gasteiger partial charge in [-0.15, -0.1) is 0 Å². The Morgan fingerprint density at radius 1 is 1.11 bits per heavy atom. The lowest BCUT2D eigenvalue weighted by Crippen LogP contribution is -2.58. The Morgan fingerprint density at radius 3 is 2.14 bits per heavy atom. The summed E-state index contributed by atoms with van der Waals surface area (Å²) in [6.07, 6.45) is 14.7. The Balaban J connectivity index is 0.000000221. The molecular weight excluding hydrogens is 348 g/mol. The van der Waals surface area contributed by atoms with E-state index < -0.39 is 12.0 Å². The molecule has 0 aromatic carbocycles. The second kappa shape index (κ2) is 10.4. The van der Waals surface area contributed by atoms with Crippen molar-refractivity contribution in [3.8, 4) is 0 Å². The highest BCUT2D eigenvalue weighted by Crippen LogP contribution is 2.45. The summed E-state index contributed by atoms with van der Waals surface area (Å²) in [5.74, 6) is 1.07. The Morgan fingerprint density at radius 2 is 1.68 bits per heavy atom. The molecule has 3 rings (SSSR count). The van der Waals surface area contributed by atoms with E-state index in [1.807, 2.05) is 0 Å². The second-order valence-electron chi connectivity index (χ2n) is 10.6. The molecule has 3 aliphatic rings. The fourth-order valence-corrected chi connectivity index (χ4v) is 5.33. The van der Waals surface area contributed by atoms with Crippen molar-refractivity contribution in [1.29, 1.82) is 0 Å². The fraction of sp³-hybridized carbons (Fsp3) is 0.958. The van der Waals surface area contributed by atoms with Crippen LogP contribution in [-0.4, -0.2) is 41.7 Å². The number of likely N-dealkylation sites (tertiary alicyclic amines) is 1. The van der Waals surface area contributed by atoms with Gasteiger partial charge < -0.3 is 15.7 Å². The molecule has 4 nitrogen and oxygen atoms in total. The first-order chi connectivity index (χ1) is 13.2. The van der Waals surface area contributed by atoms with Crippen LogP contribution in [0.2, 0.25) is 0 Å². The number of hydrogen-bond donors (Lipinski definition) is 2. The first-order valence-corrected chi connectivity index (χ1v) is 11.9. The van der Waals surface area contributed by atoms with Crippen LogP contribution in [0.5, 0.6) is 0 Å². The molecule has 0 aromatic heterocycles. The van der Waals surface area contributed by atoms with Gasteiger partial charge in [0.25, 0.3) is 0 Å². The first-order valence-electron chi connectivity index (χ1n) is 11.9. The van der Waals surface area contributed by atoms with Gasteiger partial charge >= 0.3 is 5.97 Å². The van der Waals surface area contributed by atoms with Gasteiger partial charge in [-0.05, 0) is 67.6 Å². The number of hydrogen-bond acceptors (Lipinski definition) is 3. The molecule has 4 heteroatoms. The molecule has 3 fully saturated rings. The van der Waals surface area contributed by atoms with E-state index in [1.165, 1.54) is 64.2 Å². The maximum atomic E-state index is 10.6. The highest BCUT2D eigenvalue weighted by atomic mass is 16.4. The lowest BCUT2D eigenvalue weighted by molar-refractivity contribution is -0.139. The predicted molar refractivity (Wildman–Crippen MR) is 117 cm³/mol. The van der Waals surface area contributed by atoms with Crippen LogP contribution in [0.25, 0.3) is 0 Å². The highest BCUT2D eigenvalue weighted by Gasteiger charge is 2.44. The number of aliphatic carboxylic acids is 1. The molecule has 1 atom stereocenters. The Labute approximate surface area is 173 Å². The summed E-state index contributed by atoms with van der Waals surface area (Å²) in [4.78, 5) is 13.0.